The van der Waals surface area contributed by atoms with Crippen LogP contribution in [0.25, 0.3) is 93.8 Å². The number of rotatable bonds is 4. The van der Waals surface area contributed by atoms with Crippen molar-refractivity contribution in [2.24, 2.45) is 0 Å². The van der Waals surface area contributed by atoms with Crippen molar-refractivity contribution in [1.29, 1.82) is 0 Å². The molecule has 0 spiro atoms. The highest BCUT2D eigenvalue weighted by atomic mass is 15.1. The van der Waals surface area contributed by atoms with Crippen LogP contribution >= 0.6 is 0 Å². The van der Waals surface area contributed by atoms with Crippen molar-refractivity contribution >= 4 is 43.4 Å². The largest absolute Gasteiger partial charge is 0.292 e. The zero-order valence-electron chi connectivity index (χ0n) is 30.2. The molecule has 0 saturated carbocycles. The lowest BCUT2D eigenvalue weighted by Crippen LogP contribution is -2.14. The molecule has 0 radical (unpaired) electrons. The molecule has 0 unspecified atom stereocenters. The normalized spacial score (nSPS) is 13.1. The summed E-state index contributed by atoms with van der Waals surface area (Å²) in [7, 11) is 0. The molecule has 1 aliphatic rings. The minimum atomic E-state index is -0.0654. The number of fused-ring (bicyclic) bond motifs is 7. The van der Waals surface area contributed by atoms with Gasteiger partial charge in [-0.1, -0.05) is 166 Å². The van der Waals surface area contributed by atoms with Crippen LogP contribution in [-0.2, 0) is 5.41 Å². The molecule has 9 aromatic carbocycles. The molecule has 0 amide bonds. The summed E-state index contributed by atoms with van der Waals surface area (Å²) in [5, 5.41) is 7.48. The first-order chi connectivity index (χ1) is 26.5. The smallest absolute Gasteiger partial charge is 0.145 e. The molecule has 2 nitrogen and oxygen atoms in total. The van der Waals surface area contributed by atoms with Gasteiger partial charge in [0, 0.05) is 16.7 Å². The summed E-state index contributed by atoms with van der Waals surface area (Å²) < 4.78 is 2.30. The van der Waals surface area contributed by atoms with Gasteiger partial charge in [-0.15, -0.1) is 0 Å². The van der Waals surface area contributed by atoms with Crippen molar-refractivity contribution in [2.45, 2.75) is 19.3 Å². The Hall–Kier alpha value is -6.77. The third-order valence-corrected chi connectivity index (χ3v) is 11.8. The van der Waals surface area contributed by atoms with Crippen LogP contribution < -0.4 is 0 Å². The molecule has 11 rings (SSSR count). The fraction of sp³-hybridized carbons (Fsp3) is 0.0577. The van der Waals surface area contributed by atoms with E-state index in [0.29, 0.717) is 0 Å². The Balaban J connectivity index is 1.08. The summed E-state index contributed by atoms with van der Waals surface area (Å²) in [6, 6.07) is 66.6. The van der Waals surface area contributed by atoms with E-state index in [0.717, 1.165) is 28.1 Å². The first-order valence-electron chi connectivity index (χ1n) is 18.8. The molecule has 0 aliphatic heterocycles. The lowest BCUT2D eigenvalue weighted by molar-refractivity contribution is 0.660. The molecule has 0 atom stereocenters. The number of hydrogen-bond acceptors (Lipinski definition) is 1. The van der Waals surface area contributed by atoms with Crippen molar-refractivity contribution in [2.75, 3.05) is 0 Å². The van der Waals surface area contributed by atoms with Crippen LogP contribution in [0.2, 0.25) is 0 Å². The second kappa shape index (κ2) is 11.6. The van der Waals surface area contributed by atoms with Gasteiger partial charge in [0.25, 0.3) is 0 Å². The number of para-hydroxylation sites is 2. The Morgan fingerprint density at radius 3 is 1.72 bits per heavy atom. The standard InChI is InChI=1S/C52H36N2/c1-52(2)45-20-10-9-15-39(45)40-30-28-37(32-46(40)52)50-43-18-7-5-16-41(43)49(42-17-6-8-19-44(42)50)34-23-25-35(26-24-34)51-53-47-21-11-12-22-48(47)54(51)38-29-27-33-13-3-4-14-36(33)31-38/h3-32H,1-2H3. The molecule has 0 bridgehead atoms. The van der Waals surface area contributed by atoms with E-state index < -0.39 is 0 Å². The lowest BCUT2D eigenvalue weighted by atomic mass is 9.80. The summed E-state index contributed by atoms with van der Waals surface area (Å²) >= 11 is 0. The van der Waals surface area contributed by atoms with Crippen molar-refractivity contribution in [3.8, 4) is 50.5 Å². The van der Waals surface area contributed by atoms with Crippen LogP contribution in [0.3, 0.4) is 0 Å². The van der Waals surface area contributed by atoms with Crippen LogP contribution in [0.4, 0.5) is 0 Å². The predicted octanol–water partition coefficient (Wildman–Crippen LogP) is 13.8. The van der Waals surface area contributed by atoms with Gasteiger partial charge >= 0.3 is 0 Å². The van der Waals surface area contributed by atoms with E-state index >= 15 is 0 Å². The maximum atomic E-state index is 5.20. The lowest BCUT2D eigenvalue weighted by Gasteiger charge is -2.23. The Morgan fingerprint density at radius 1 is 0.426 bits per heavy atom. The number of hydrogen-bond donors (Lipinski definition) is 0. The summed E-state index contributed by atoms with van der Waals surface area (Å²) in [5.74, 6) is 0.935. The SMILES string of the molecule is CC1(C)c2ccccc2-c2ccc(-c3c4ccccc4c(-c4ccc(-c5nc6ccccc6n5-c5ccc6ccccc6c5)cc4)c4ccccc34)cc21. The van der Waals surface area contributed by atoms with Crippen molar-refractivity contribution in [3.63, 3.8) is 0 Å². The van der Waals surface area contributed by atoms with E-state index in [1.54, 1.807) is 0 Å². The van der Waals surface area contributed by atoms with Gasteiger partial charge in [0.2, 0.25) is 0 Å². The second-order valence-corrected chi connectivity index (χ2v) is 15.1. The van der Waals surface area contributed by atoms with E-state index in [1.807, 2.05) is 0 Å². The van der Waals surface area contributed by atoms with Gasteiger partial charge in [-0.3, -0.25) is 4.57 Å². The molecule has 0 saturated heterocycles. The van der Waals surface area contributed by atoms with Gasteiger partial charge in [-0.25, -0.2) is 4.98 Å². The maximum Gasteiger partial charge on any atom is 0.145 e. The highest BCUT2D eigenvalue weighted by molar-refractivity contribution is 6.21. The second-order valence-electron chi connectivity index (χ2n) is 15.1. The minimum Gasteiger partial charge on any atom is -0.292 e. The van der Waals surface area contributed by atoms with E-state index in [-0.39, 0.29) is 5.41 Å². The first-order valence-corrected chi connectivity index (χ1v) is 18.8. The Labute approximate surface area is 314 Å². The molecule has 2 heteroatoms. The summed E-state index contributed by atoms with van der Waals surface area (Å²) in [6.07, 6.45) is 0. The summed E-state index contributed by atoms with van der Waals surface area (Å²) in [4.78, 5) is 5.20. The van der Waals surface area contributed by atoms with Crippen molar-refractivity contribution in [1.82, 2.24) is 9.55 Å². The van der Waals surface area contributed by atoms with Gasteiger partial charge in [0.15, 0.2) is 0 Å². The van der Waals surface area contributed by atoms with Crippen LogP contribution in [0.5, 0.6) is 0 Å². The van der Waals surface area contributed by atoms with Crippen molar-refractivity contribution < 1.29 is 0 Å². The molecule has 254 valence electrons. The van der Waals surface area contributed by atoms with E-state index in [2.05, 4.69) is 200 Å². The van der Waals surface area contributed by atoms with Gasteiger partial charge in [-0.2, -0.15) is 0 Å². The fourth-order valence-electron chi connectivity index (χ4n) is 9.19. The molecule has 1 aromatic heterocycles. The third-order valence-electron chi connectivity index (χ3n) is 11.8. The van der Waals surface area contributed by atoms with Crippen LogP contribution in [0.15, 0.2) is 182 Å². The average molecular weight is 689 g/mol. The Bertz CT molecular complexity index is 3070. The number of aromatic nitrogens is 2. The zero-order chi connectivity index (χ0) is 36.0. The molecule has 54 heavy (non-hydrogen) atoms. The zero-order valence-corrected chi connectivity index (χ0v) is 30.2. The molecule has 10 aromatic rings. The quantitative estimate of drug-likeness (QED) is 0.168. The molecular weight excluding hydrogens is 653 g/mol. The molecule has 0 fully saturated rings. The fourth-order valence-corrected chi connectivity index (χ4v) is 9.19. The van der Waals surface area contributed by atoms with Gasteiger partial charge in [0.05, 0.1) is 11.0 Å². The first kappa shape index (κ1) is 30.8. The number of benzene rings is 9. The molecule has 0 N–H and O–H groups in total. The van der Waals surface area contributed by atoms with Gasteiger partial charge in [0.1, 0.15) is 5.82 Å². The summed E-state index contributed by atoms with van der Waals surface area (Å²) in [6.45, 7) is 4.72. The monoisotopic (exact) mass is 688 g/mol. The van der Waals surface area contributed by atoms with Crippen LogP contribution in [0, 0.1) is 0 Å². The Kier molecular flexibility index (Phi) is 6.63. The van der Waals surface area contributed by atoms with E-state index in [4.69, 9.17) is 4.98 Å². The highest BCUT2D eigenvalue weighted by Crippen LogP contribution is 2.51. The average Bonchev–Trinajstić information content (AvgIpc) is 3.72. The van der Waals surface area contributed by atoms with Gasteiger partial charge in [-0.05, 0) is 107 Å². The van der Waals surface area contributed by atoms with Crippen LogP contribution in [-0.4, -0.2) is 9.55 Å². The van der Waals surface area contributed by atoms with Gasteiger partial charge < -0.3 is 0 Å². The minimum absolute atomic E-state index is 0.0654. The predicted molar refractivity (Wildman–Crippen MR) is 227 cm³/mol. The summed E-state index contributed by atoms with van der Waals surface area (Å²) in [5.41, 5.74) is 14.7. The van der Waals surface area contributed by atoms with E-state index in [9.17, 15) is 0 Å². The van der Waals surface area contributed by atoms with E-state index in [1.165, 1.54) is 76.8 Å². The molecule has 1 heterocycles. The highest BCUT2D eigenvalue weighted by Gasteiger charge is 2.35. The topological polar surface area (TPSA) is 17.8 Å². The van der Waals surface area contributed by atoms with Crippen LogP contribution in [0.1, 0.15) is 25.0 Å². The Morgan fingerprint density at radius 2 is 0.981 bits per heavy atom. The number of nitrogens with zero attached hydrogens (tertiary/aromatic N) is 2. The molecule has 1 aliphatic carbocycles. The van der Waals surface area contributed by atoms with Crippen molar-refractivity contribution in [3.05, 3.63) is 193 Å². The maximum absolute atomic E-state index is 5.20. The molecular formula is C52H36N2. The third kappa shape index (κ3) is 4.50. The number of imidazole rings is 1.